The molecule has 20 heavy (non-hydrogen) atoms. The lowest BCUT2D eigenvalue weighted by Gasteiger charge is -2.22. The molecule has 0 bridgehead atoms. The van der Waals surface area contributed by atoms with Crippen LogP contribution in [0, 0.1) is 0 Å². The van der Waals surface area contributed by atoms with Gasteiger partial charge in [-0.3, -0.25) is 5.10 Å². The molecular formula is C14H20N6. The minimum atomic E-state index is 0.512. The maximum atomic E-state index is 4.66. The van der Waals surface area contributed by atoms with Crippen molar-refractivity contribution in [1.82, 2.24) is 20.2 Å². The average Bonchev–Trinajstić information content (AvgIpc) is 2.76. The Morgan fingerprint density at radius 1 is 1.05 bits per heavy atom. The Balaban J connectivity index is 1.67. The summed E-state index contributed by atoms with van der Waals surface area (Å²) < 4.78 is 0. The van der Waals surface area contributed by atoms with Crippen LogP contribution in [-0.2, 0) is 6.42 Å². The third kappa shape index (κ3) is 2.09. The fourth-order valence-electron chi connectivity index (χ4n) is 3.26. The van der Waals surface area contributed by atoms with E-state index in [-0.39, 0.29) is 0 Å². The van der Waals surface area contributed by atoms with Crippen LogP contribution < -0.4 is 10.6 Å². The topological polar surface area (TPSA) is 78.5 Å². The van der Waals surface area contributed by atoms with Crippen LogP contribution >= 0.6 is 0 Å². The minimum Gasteiger partial charge on any atom is -0.369 e. The molecule has 0 radical (unpaired) electrons. The van der Waals surface area contributed by atoms with Gasteiger partial charge in [0.25, 0.3) is 0 Å². The third-order valence-electron chi connectivity index (χ3n) is 4.32. The van der Waals surface area contributed by atoms with Crippen LogP contribution in [0.4, 0.5) is 11.8 Å². The molecule has 3 N–H and O–H groups in total. The van der Waals surface area contributed by atoms with E-state index in [1.54, 1.807) is 0 Å². The van der Waals surface area contributed by atoms with Gasteiger partial charge in [-0.1, -0.05) is 19.3 Å². The van der Waals surface area contributed by atoms with Crippen LogP contribution in [0.5, 0.6) is 0 Å². The minimum absolute atomic E-state index is 0.512. The van der Waals surface area contributed by atoms with Crippen molar-refractivity contribution in [3.05, 3.63) is 5.69 Å². The van der Waals surface area contributed by atoms with Crippen molar-refractivity contribution in [2.45, 2.75) is 51.0 Å². The van der Waals surface area contributed by atoms with Gasteiger partial charge in [0, 0.05) is 18.3 Å². The van der Waals surface area contributed by atoms with Crippen LogP contribution in [0.3, 0.4) is 0 Å². The number of anilines is 2. The van der Waals surface area contributed by atoms with E-state index in [1.165, 1.54) is 32.1 Å². The summed E-state index contributed by atoms with van der Waals surface area (Å²) in [6.45, 7) is 0.956. The third-order valence-corrected chi connectivity index (χ3v) is 4.32. The number of aromatic amines is 1. The van der Waals surface area contributed by atoms with Gasteiger partial charge in [0.05, 0.1) is 5.39 Å². The number of aromatic nitrogens is 4. The highest BCUT2D eigenvalue weighted by Gasteiger charge is 2.19. The van der Waals surface area contributed by atoms with Crippen molar-refractivity contribution < 1.29 is 0 Å². The summed E-state index contributed by atoms with van der Waals surface area (Å²) in [4.78, 5) is 9.23. The van der Waals surface area contributed by atoms with E-state index in [0.717, 1.165) is 41.9 Å². The molecule has 6 heteroatoms. The van der Waals surface area contributed by atoms with Gasteiger partial charge < -0.3 is 10.6 Å². The normalized spacial score (nSPS) is 19.6. The fourth-order valence-corrected chi connectivity index (χ4v) is 3.26. The smallest absolute Gasteiger partial charge is 0.227 e. The Hall–Kier alpha value is -1.85. The van der Waals surface area contributed by atoms with Crippen LogP contribution in [0.1, 0.15) is 44.2 Å². The van der Waals surface area contributed by atoms with Crippen LogP contribution in [0.25, 0.3) is 11.0 Å². The number of H-pyrrole nitrogens is 1. The molecule has 0 spiro atoms. The molecule has 2 aromatic heterocycles. The molecule has 1 aliphatic heterocycles. The Labute approximate surface area is 117 Å². The Kier molecular flexibility index (Phi) is 2.94. The molecular weight excluding hydrogens is 252 g/mol. The van der Waals surface area contributed by atoms with Crippen molar-refractivity contribution in [2.75, 3.05) is 17.2 Å². The van der Waals surface area contributed by atoms with Crippen LogP contribution in [-0.4, -0.2) is 32.8 Å². The number of nitrogens with one attached hydrogen (secondary N) is 3. The SMILES string of the molecule is C1CCC(Nc2nc3c4c([nH]nc4n2)CCCN3)CC1. The largest absolute Gasteiger partial charge is 0.369 e. The monoisotopic (exact) mass is 272 g/mol. The molecule has 1 saturated carbocycles. The standard InChI is InChI=1S/C14H20N6/c1-2-5-9(6-3-1)16-14-17-12-11-10(7-4-8-15-12)19-20-13(11)18-14/h9H,1-8H2,(H3,15,16,17,18,19,20). The lowest BCUT2D eigenvalue weighted by atomic mass is 9.96. The van der Waals surface area contributed by atoms with Gasteiger partial charge in [0.15, 0.2) is 5.65 Å². The van der Waals surface area contributed by atoms with E-state index in [0.29, 0.717) is 12.0 Å². The first-order chi connectivity index (χ1) is 9.90. The van der Waals surface area contributed by atoms with E-state index in [2.05, 4.69) is 30.8 Å². The van der Waals surface area contributed by atoms with Gasteiger partial charge in [0.1, 0.15) is 5.82 Å². The number of hydrogen-bond donors (Lipinski definition) is 3. The van der Waals surface area contributed by atoms with Gasteiger partial charge >= 0.3 is 0 Å². The average molecular weight is 272 g/mol. The Morgan fingerprint density at radius 2 is 1.95 bits per heavy atom. The number of hydrogen-bond acceptors (Lipinski definition) is 5. The van der Waals surface area contributed by atoms with E-state index >= 15 is 0 Å². The molecule has 3 heterocycles. The molecule has 1 aliphatic carbocycles. The van der Waals surface area contributed by atoms with Crippen molar-refractivity contribution >= 4 is 22.8 Å². The van der Waals surface area contributed by atoms with Crippen molar-refractivity contribution in [2.24, 2.45) is 0 Å². The first-order valence-electron chi connectivity index (χ1n) is 7.65. The lowest BCUT2D eigenvalue weighted by molar-refractivity contribution is 0.461. The second-order valence-corrected chi connectivity index (χ2v) is 5.81. The molecule has 4 rings (SSSR count). The highest BCUT2D eigenvalue weighted by atomic mass is 15.2. The molecule has 0 saturated heterocycles. The van der Waals surface area contributed by atoms with E-state index in [1.807, 2.05) is 0 Å². The van der Waals surface area contributed by atoms with E-state index < -0.39 is 0 Å². The first kappa shape index (κ1) is 11.9. The zero-order chi connectivity index (χ0) is 13.4. The summed E-state index contributed by atoms with van der Waals surface area (Å²) in [6.07, 6.45) is 8.50. The van der Waals surface area contributed by atoms with Gasteiger partial charge in [-0.25, -0.2) is 0 Å². The predicted octanol–water partition coefficient (Wildman–Crippen LogP) is 2.46. The van der Waals surface area contributed by atoms with Crippen molar-refractivity contribution in [1.29, 1.82) is 0 Å². The van der Waals surface area contributed by atoms with E-state index in [9.17, 15) is 0 Å². The van der Waals surface area contributed by atoms with Crippen molar-refractivity contribution in [3.8, 4) is 0 Å². The Bertz CT molecular complexity index is 613. The van der Waals surface area contributed by atoms with Crippen LogP contribution in [0.2, 0.25) is 0 Å². The van der Waals surface area contributed by atoms with Gasteiger partial charge in [-0.2, -0.15) is 15.1 Å². The van der Waals surface area contributed by atoms with Crippen LogP contribution in [0.15, 0.2) is 0 Å². The summed E-state index contributed by atoms with van der Waals surface area (Å²) in [5, 5.41) is 15.4. The first-order valence-corrected chi connectivity index (χ1v) is 7.65. The van der Waals surface area contributed by atoms with Gasteiger partial charge in [0.2, 0.25) is 5.95 Å². The van der Waals surface area contributed by atoms with Gasteiger partial charge in [-0.05, 0) is 25.7 Å². The summed E-state index contributed by atoms with van der Waals surface area (Å²) in [5.41, 5.74) is 1.93. The molecule has 2 aromatic rings. The molecule has 106 valence electrons. The molecule has 0 unspecified atom stereocenters. The Morgan fingerprint density at radius 3 is 2.85 bits per heavy atom. The van der Waals surface area contributed by atoms with Crippen molar-refractivity contribution in [3.63, 3.8) is 0 Å². The molecule has 0 amide bonds. The molecule has 0 atom stereocenters. The number of aryl methyl sites for hydroxylation is 1. The van der Waals surface area contributed by atoms with Gasteiger partial charge in [-0.15, -0.1) is 0 Å². The quantitative estimate of drug-likeness (QED) is 0.782. The lowest BCUT2D eigenvalue weighted by Crippen LogP contribution is -2.23. The molecule has 2 aliphatic rings. The zero-order valence-electron chi connectivity index (χ0n) is 11.6. The highest BCUT2D eigenvalue weighted by molar-refractivity contribution is 5.90. The van der Waals surface area contributed by atoms with E-state index in [4.69, 9.17) is 0 Å². The zero-order valence-corrected chi connectivity index (χ0v) is 11.6. The summed E-state index contributed by atoms with van der Waals surface area (Å²) in [7, 11) is 0. The molecule has 1 fully saturated rings. The molecule has 0 aromatic carbocycles. The second kappa shape index (κ2) is 4.92. The highest BCUT2D eigenvalue weighted by Crippen LogP contribution is 2.28. The summed E-state index contributed by atoms with van der Waals surface area (Å²) >= 11 is 0. The maximum absolute atomic E-state index is 4.66. The maximum Gasteiger partial charge on any atom is 0.227 e. The number of nitrogens with zero attached hydrogens (tertiary/aromatic N) is 3. The predicted molar refractivity (Wildman–Crippen MR) is 79.0 cm³/mol. The number of rotatable bonds is 2. The molecule has 6 nitrogen and oxygen atoms in total. The summed E-state index contributed by atoms with van der Waals surface area (Å²) in [5.74, 6) is 1.64. The second-order valence-electron chi connectivity index (χ2n) is 5.81. The fraction of sp³-hybridized carbons (Fsp3) is 0.643. The summed E-state index contributed by atoms with van der Waals surface area (Å²) in [6, 6.07) is 0.512.